The van der Waals surface area contributed by atoms with Crippen LogP contribution in [0.4, 0.5) is 17.1 Å². The molecule has 2 nitrogen and oxygen atoms in total. The summed E-state index contributed by atoms with van der Waals surface area (Å²) in [6.07, 6.45) is 5.90. The molecule has 0 atom stereocenters. The molecule has 0 bridgehead atoms. The van der Waals surface area contributed by atoms with Crippen molar-refractivity contribution in [1.29, 1.82) is 0 Å². The van der Waals surface area contributed by atoms with Crippen LogP contribution in [0.25, 0.3) is 33.4 Å². The summed E-state index contributed by atoms with van der Waals surface area (Å²) in [6, 6.07) is 69.0. The monoisotopic (exact) mass is 680 g/mol. The molecule has 7 aromatic carbocycles. The first kappa shape index (κ1) is 32.4. The second-order valence-electron chi connectivity index (χ2n) is 13.8. The predicted octanol–water partition coefficient (Wildman–Crippen LogP) is 13.2. The first-order chi connectivity index (χ1) is 26.3. The number of benzene rings is 7. The van der Waals surface area contributed by atoms with E-state index in [0.29, 0.717) is 0 Å². The van der Waals surface area contributed by atoms with Crippen LogP contribution in [0.1, 0.15) is 41.2 Å². The van der Waals surface area contributed by atoms with Crippen LogP contribution in [0.2, 0.25) is 0 Å². The van der Waals surface area contributed by atoms with Crippen LogP contribution in [0.3, 0.4) is 0 Å². The van der Waals surface area contributed by atoms with Crippen LogP contribution >= 0.6 is 0 Å². The third-order valence-electron chi connectivity index (χ3n) is 10.7. The first-order valence-corrected chi connectivity index (χ1v) is 18.6. The first-order valence-electron chi connectivity index (χ1n) is 18.6. The van der Waals surface area contributed by atoms with Gasteiger partial charge < -0.3 is 4.90 Å². The molecule has 0 saturated heterocycles. The fourth-order valence-corrected chi connectivity index (χ4v) is 8.40. The molecule has 1 heterocycles. The number of fused-ring (bicyclic) bond motifs is 3. The molecule has 0 unspecified atom stereocenters. The molecule has 0 N–H and O–H groups in total. The highest BCUT2D eigenvalue weighted by Gasteiger charge is 2.46. The minimum atomic E-state index is -0.496. The van der Waals surface area contributed by atoms with Crippen molar-refractivity contribution in [2.24, 2.45) is 0 Å². The van der Waals surface area contributed by atoms with Crippen LogP contribution < -0.4 is 4.90 Å². The molecule has 0 spiro atoms. The summed E-state index contributed by atoms with van der Waals surface area (Å²) in [5, 5.41) is 0. The summed E-state index contributed by atoms with van der Waals surface area (Å²) >= 11 is 0. The summed E-state index contributed by atoms with van der Waals surface area (Å²) in [5.74, 6) is 0. The highest BCUT2D eigenvalue weighted by Crippen LogP contribution is 2.57. The van der Waals surface area contributed by atoms with E-state index in [1.807, 2.05) is 18.5 Å². The van der Waals surface area contributed by atoms with Gasteiger partial charge in [0.2, 0.25) is 0 Å². The van der Waals surface area contributed by atoms with E-state index in [9.17, 15) is 0 Å². The smallest absolute Gasteiger partial charge is 0.0714 e. The Bertz CT molecular complexity index is 2450. The Morgan fingerprint density at radius 3 is 1.74 bits per heavy atom. The molecule has 53 heavy (non-hydrogen) atoms. The average Bonchev–Trinajstić information content (AvgIpc) is 3.53. The molecule has 0 aliphatic heterocycles. The Kier molecular flexibility index (Phi) is 8.50. The van der Waals surface area contributed by atoms with Gasteiger partial charge in [0.15, 0.2) is 0 Å². The van der Waals surface area contributed by atoms with E-state index in [2.05, 4.69) is 199 Å². The van der Waals surface area contributed by atoms with Crippen LogP contribution in [0, 0.1) is 0 Å². The zero-order chi connectivity index (χ0) is 35.6. The number of anilines is 3. The molecule has 0 amide bonds. The lowest BCUT2D eigenvalue weighted by Crippen LogP contribution is -2.28. The Balaban J connectivity index is 1.32. The molecular weight excluding hydrogens is 641 g/mol. The Morgan fingerprint density at radius 1 is 0.472 bits per heavy atom. The van der Waals surface area contributed by atoms with E-state index in [1.54, 1.807) is 0 Å². The fraction of sp³-hybridized carbons (Fsp3) is 0.0784. The molecule has 2 heteroatoms. The maximum absolute atomic E-state index is 4.55. The van der Waals surface area contributed by atoms with Crippen molar-refractivity contribution in [2.45, 2.75) is 25.2 Å². The van der Waals surface area contributed by atoms with Gasteiger partial charge in [-0.25, -0.2) is 0 Å². The van der Waals surface area contributed by atoms with Crippen molar-refractivity contribution in [2.75, 3.05) is 4.90 Å². The third-order valence-corrected chi connectivity index (χ3v) is 10.7. The number of hydrogen-bond acceptors (Lipinski definition) is 2. The van der Waals surface area contributed by atoms with Gasteiger partial charge in [0, 0.05) is 34.9 Å². The normalized spacial score (nSPS) is 12.5. The van der Waals surface area contributed by atoms with Crippen molar-refractivity contribution < 1.29 is 0 Å². The Morgan fingerprint density at radius 2 is 1.06 bits per heavy atom. The van der Waals surface area contributed by atoms with E-state index in [4.69, 9.17) is 0 Å². The number of rotatable bonds is 9. The zero-order valence-corrected chi connectivity index (χ0v) is 29.9. The molecule has 9 rings (SSSR count). The number of aromatic nitrogens is 1. The maximum Gasteiger partial charge on any atom is 0.0714 e. The lowest BCUT2D eigenvalue weighted by atomic mass is 9.67. The van der Waals surface area contributed by atoms with Crippen molar-refractivity contribution >= 4 is 17.1 Å². The van der Waals surface area contributed by atoms with E-state index >= 15 is 0 Å². The van der Waals surface area contributed by atoms with Gasteiger partial charge >= 0.3 is 0 Å². The molecule has 254 valence electrons. The van der Waals surface area contributed by atoms with E-state index in [0.717, 1.165) is 41.0 Å². The fourth-order valence-electron chi connectivity index (χ4n) is 8.40. The SMILES string of the molecule is CCCc1ccc(-c2cccnc2)c(N(c2ccc(-c3ccccc3)cc2)c2ccc3c(c2)C(c2ccccc2)(c2ccccc2)c2ccccc2-3)c1. The lowest BCUT2D eigenvalue weighted by molar-refractivity contribution is 0.768. The van der Waals surface area contributed by atoms with Crippen molar-refractivity contribution in [1.82, 2.24) is 4.98 Å². The maximum atomic E-state index is 4.55. The van der Waals surface area contributed by atoms with Gasteiger partial charge in [-0.1, -0.05) is 165 Å². The molecular formula is C51H40N2. The highest BCUT2D eigenvalue weighted by molar-refractivity contribution is 5.92. The van der Waals surface area contributed by atoms with Crippen LogP contribution in [0.15, 0.2) is 200 Å². The second-order valence-corrected chi connectivity index (χ2v) is 13.8. The molecule has 0 saturated carbocycles. The minimum Gasteiger partial charge on any atom is -0.310 e. The Hall–Kier alpha value is -6.51. The molecule has 0 radical (unpaired) electrons. The molecule has 1 aliphatic rings. The summed E-state index contributed by atoms with van der Waals surface area (Å²) < 4.78 is 0. The van der Waals surface area contributed by atoms with Crippen LogP contribution in [0.5, 0.6) is 0 Å². The average molecular weight is 681 g/mol. The molecule has 8 aromatic rings. The van der Waals surface area contributed by atoms with Gasteiger partial charge in [0.1, 0.15) is 0 Å². The highest BCUT2D eigenvalue weighted by atomic mass is 15.1. The van der Waals surface area contributed by atoms with Gasteiger partial charge in [-0.05, 0) is 92.9 Å². The lowest BCUT2D eigenvalue weighted by Gasteiger charge is -2.35. The molecule has 1 aliphatic carbocycles. The van der Waals surface area contributed by atoms with E-state index < -0.39 is 5.41 Å². The number of nitrogens with zero attached hydrogens (tertiary/aromatic N) is 2. The predicted molar refractivity (Wildman–Crippen MR) is 221 cm³/mol. The van der Waals surface area contributed by atoms with Crippen molar-refractivity contribution in [3.63, 3.8) is 0 Å². The second kappa shape index (κ2) is 13.9. The quantitative estimate of drug-likeness (QED) is 0.151. The van der Waals surface area contributed by atoms with Gasteiger partial charge in [-0.3, -0.25) is 4.98 Å². The van der Waals surface area contributed by atoms with E-state index in [-0.39, 0.29) is 0 Å². The van der Waals surface area contributed by atoms with Gasteiger partial charge in [0.25, 0.3) is 0 Å². The van der Waals surface area contributed by atoms with Crippen molar-refractivity contribution in [3.05, 3.63) is 228 Å². The number of pyridine rings is 1. The standard InChI is InChI=1S/C51H40N2/c1-2-15-37-25-31-45(40-18-14-33-52-36-40)50(34-37)53(43-28-26-39(27-29-43)38-16-6-3-7-17-38)44-30-32-47-46-23-12-13-24-48(46)51(49(47)35-44,41-19-8-4-9-20-41)42-21-10-5-11-22-42/h3-14,16-36H,2,15H2,1H3. The molecule has 0 fully saturated rings. The topological polar surface area (TPSA) is 16.1 Å². The summed E-state index contributed by atoms with van der Waals surface area (Å²) in [5.41, 5.74) is 16.5. The molecule has 1 aromatic heterocycles. The summed E-state index contributed by atoms with van der Waals surface area (Å²) in [4.78, 5) is 7.01. The summed E-state index contributed by atoms with van der Waals surface area (Å²) in [7, 11) is 0. The van der Waals surface area contributed by atoms with E-state index in [1.165, 1.54) is 50.1 Å². The zero-order valence-electron chi connectivity index (χ0n) is 29.9. The van der Waals surface area contributed by atoms with Crippen LogP contribution in [-0.4, -0.2) is 4.98 Å². The number of hydrogen-bond donors (Lipinski definition) is 0. The van der Waals surface area contributed by atoms with Gasteiger partial charge in [-0.2, -0.15) is 0 Å². The minimum absolute atomic E-state index is 0.496. The van der Waals surface area contributed by atoms with Crippen LogP contribution in [-0.2, 0) is 11.8 Å². The third kappa shape index (κ3) is 5.64. The largest absolute Gasteiger partial charge is 0.310 e. The number of aryl methyl sites for hydroxylation is 1. The summed E-state index contributed by atoms with van der Waals surface area (Å²) in [6.45, 7) is 2.25. The van der Waals surface area contributed by atoms with Gasteiger partial charge in [-0.15, -0.1) is 0 Å². The Labute approximate surface area is 312 Å². The van der Waals surface area contributed by atoms with Gasteiger partial charge in [0.05, 0.1) is 11.1 Å². The van der Waals surface area contributed by atoms with Crippen molar-refractivity contribution in [3.8, 4) is 33.4 Å².